The summed E-state index contributed by atoms with van der Waals surface area (Å²) in [5.74, 6) is -1.44. The largest absolute Gasteiger partial charge is 0.480 e. The van der Waals surface area contributed by atoms with Crippen molar-refractivity contribution in [3.05, 3.63) is 70.8 Å². The van der Waals surface area contributed by atoms with Crippen molar-refractivity contribution in [2.24, 2.45) is 0 Å². The Morgan fingerprint density at radius 1 is 1.04 bits per heavy atom. The second kappa shape index (κ2) is 7.59. The number of aliphatic carboxylic acids is 1. The Bertz CT molecular complexity index is 816. The van der Waals surface area contributed by atoms with E-state index in [9.17, 15) is 18.3 Å². The van der Waals surface area contributed by atoms with Crippen LogP contribution >= 0.6 is 0 Å². The van der Waals surface area contributed by atoms with Crippen molar-refractivity contribution in [1.82, 2.24) is 4.72 Å². The zero-order valence-electron chi connectivity index (χ0n) is 13.7. The number of sulfonamides is 1. The van der Waals surface area contributed by atoms with Crippen molar-refractivity contribution in [2.75, 3.05) is 0 Å². The van der Waals surface area contributed by atoms with Crippen molar-refractivity contribution in [1.29, 1.82) is 0 Å². The highest BCUT2D eigenvalue weighted by Crippen LogP contribution is 2.13. The Hall–Kier alpha value is -2.18. The number of carboxylic acids is 1. The van der Waals surface area contributed by atoms with Gasteiger partial charge in [-0.25, -0.2) is 13.1 Å². The lowest BCUT2D eigenvalue weighted by Gasteiger charge is -2.15. The minimum atomic E-state index is -3.76. The Labute approximate surface area is 142 Å². The van der Waals surface area contributed by atoms with Crippen molar-refractivity contribution < 1.29 is 18.3 Å². The van der Waals surface area contributed by atoms with Gasteiger partial charge in [-0.1, -0.05) is 48.5 Å². The summed E-state index contributed by atoms with van der Waals surface area (Å²) in [6.45, 7) is 3.86. The molecule has 2 rings (SSSR count). The molecule has 2 aromatic carbocycles. The molecule has 128 valence electrons. The van der Waals surface area contributed by atoms with Crippen molar-refractivity contribution in [2.45, 2.75) is 32.1 Å². The van der Waals surface area contributed by atoms with E-state index >= 15 is 0 Å². The molecule has 0 fully saturated rings. The number of hydrogen-bond donors (Lipinski definition) is 2. The fraction of sp³-hybridized carbons (Fsp3) is 0.278. The third-order valence-electron chi connectivity index (χ3n) is 3.83. The molecule has 0 bridgehead atoms. The Balaban J connectivity index is 2.12. The number of carboxylic acid groups (broad SMARTS) is 1. The van der Waals surface area contributed by atoms with Gasteiger partial charge in [0.15, 0.2) is 0 Å². The van der Waals surface area contributed by atoms with Gasteiger partial charge in [-0.3, -0.25) is 4.79 Å². The van der Waals surface area contributed by atoms with E-state index in [4.69, 9.17) is 0 Å². The van der Waals surface area contributed by atoms with Crippen LogP contribution in [-0.2, 0) is 27.0 Å². The fourth-order valence-electron chi connectivity index (χ4n) is 2.40. The molecular formula is C18H21NO4S. The quantitative estimate of drug-likeness (QED) is 0.806. The molecule has 0 unspecified atom stereocenters. The lowest BCUT2D eigenvalue weighted by Crippen LogP contribution is -2.42. The number of rotatable bonds is 7. The summed E-state index contributed by atoms with van der Waals surface area (Å²) in [7, 11) is -3.76. The number of hydrogen-bond acceptors (Lipinski definition) is 3. The van der Waals surface area contributed by atoms with Crippen LogP contribution in [0.2, 0.25) is 0 Å². The van der Waals surface area contributed by atoms with Crippen LogP contribution in [0.5, 0.6) is 0 Å². The van der Waals surface area contributed by atoms with Gasteiger partial charge in [-0.2, -0.15) is 0 Å². The van der Waals surface area contributed by atoms with E-state index in [0.717, 1.165) is 16.7 Å². The maximum absolute atomic E-state index is 12.3. The van der Waals surface area contributed by atoms with Gasteiger partial charge in [0.05, 0.1) is 5.75 Å². The normalized spacial score (nSPS) is 12.8. The lowest BCUT2D eigenvalue weighted by atomic mass is 10.1. The van der Waals surface area contributed by atoms with E-state index in [2.05, 4.69) is 4.72 Å². The first kappa shape index (κ1) is 18.2. The summed E-state index contributed by atoms with van der Waals surface area (Å²) in [4.78, 5) is 11.4. The fourth-order valence-corrected chi connectivity index (χ4v) is 3.72. The molecule has 0 spiro atoms. The smallest absolute Gasteiger partial charge is 0.322 e. The highest BCUT2D eigenvalue weighted by atomic mass is 32.2. The molecule has 2 aromatic rings. The third-order valence-corrected chi connectivity index (χ3v) is 5.19. The Kier molecular flexibility index (Phi) is 5.75. The van der Waals surface area contributed by atoms with Crippen LogP contribution in [0.25, 0.3) is 0 Å². The van der Waals surface area contributed by atoms with Crippen molar-refractivity contribution in [3.63, 3.8) is 0 Å². The Morgan fingerprint density at radius 3 is 2.29 bits per heavy atom. The summed E-state index contributed by atoms with van der Waals surface area (Å²) in [6, 6.07) is 13.2. The van der Waals surface area contributed by atoms with Crippen molar-refractivity contribution >= 4 is 16.0 Å². The predicted octanol–water partition coefficient (Wildman–Crippen LogP) is 2.42. The highest BCUT2D eigenvalue weighted by molar-refractivity contribution is 7.88. The number of aryl methyl sites for hydroxylation is 2. The molecule has 0 saturated carbocycles. The van der Waals surface area contributed by atoms with Crippen LogP contribution in [0.15, 0.2) is 48.5 Å². The number of nitrogens with one attached hydrogen (secondary N) is 1. The zero-order valence-corrected chi connectivity index (χ0v) is 14.5. The van der Waals surface area contributed by atoms with Crippen LogP contribution in [0.1, 0.15) is 22.3 Å². The van der Waals surface area contributed by atoms with Gasteiger partial charge >= 0.3 is 5.97 Å². The molecular weight excluding hydrogens is 326 g/mol. The minimum Gasteiger partial charge on any atom is -0.480 e. The van der Waals surface area contributed by atoms with E-state index < -0.39 is 22.0 Å². The first-order valence-corrected chi connectivity index (χ1v) is 9.25. The van der Waals surface area contributed by atoms with Crippen LogP contribution < -0.4 is 4.72 Å². The zero-order chi connectivity index (χ0) is 17.7. The monoisotopic (exact) mass is 347 g/mol. The molecule has 0 radical (unpaired) electrons. The maximum Gasteiger partial charge on any atom is 0.322 e. The van der Waals surface area contributed by atoms with E-state index in [0.29, 0.717) is 5.56 Å². The van der Waals surface area contributed by atoms with Gasteiger partial charge in [0.1, 0.15) is 6.04 Å². The molecule has 2 N–H and O–H groups in total. The average Bonchev–Trinajstić information content (AvgIpc) is 2.51. The second-order valence-electron chi connectivity index (χ2n) is 5.88. The molecule has 0 aliphatic heterocycles. The molecule has 6 heteroatoms. The standard InChI is InChI=1S/C18H21NO4S/c1-13-8-9-16(10-14(13)2)12-24(22,23)19-17(18(20)21)11-15-6-4-3-5-7-15/h3-10,17,19H,11-12H2,1-2H3,(H,20,21)/t17-/m0/s1. The topological polar surface area (TPSA) is 83.5 Å². The average molecular weight is 347 g/mol. The van der Waals surface area contributed by atoms with E-state index in [1.54, 1.807) is 30.3 Å². The van der Waals surface area contributed by atoms with E-state index in [1.807, 2.05) is 32.0 Å². The summed E-state index contributed by atoms with van der Waals surface area (Å²) in [5.41, 5.74) is 3.48. The first-order chi connectivity index (χ1) is 11.3. The van der Waals surface area contributed by atoms with Gasteiger partial charge in [-0.05, 0) is 42.5 Å². The minimum absolute atomic E-state index is 0.0995. The molecule has 0 aliphatic carbocycles. The summed E-state index contributed by atoms with van der Waals surface area (Å²) < 4.78 is 27.0. The summed E-state index contributed by atoms with van der Waals surface area (Å²) in [5, 5.41) is 9.32. The molecule has 0 amide bonds. The van der Waals surface area contributed by atoms with Crippen molar-refractivity contribution in [3.8, 4) is 0 Å². The molecule has 5 nitrogen and oxygen atoms in total. The van der Waals surface area contributed by atoms with Gasteiger partial charge < -0.3 is 5.11 Å². The van der Waals surface area contributed by atoms with E-state index in [-0.39, 0.29) is 12.2 Å². The SMILES string of the molecule is Cc1ccc(CS(=O)(=O)N[C@@H](Cc2ccccc2)C(=O)O)cc1C. The highest BCUT2D eigenvalue weighted by Gasteiger charge is 2.24. The summed E-state index contributed by atoms with van der Waals surface area (Å²) in [6.07, 6.45) is 0.0995. The molecule has 24 heavy (non-hydrogen) atoms. The molecule has 0 heterocycles. The summed E-state index contributed by atoms with van der Waals surface area (Å²) >= 11 is 0. The van der Waals surface area contributed by atoms with Gasteiger partial charge in [-0.15, -0.1) is 0 Å². The lowest BCUT2D eigenvalue weighted by molar-refractivity contribution is -0.138. The maximum atomic E-state index is 12.3. The van der Waals surface area contributed by atoms with Crippen LogP contribution in [-0.4, -0.2) is 25.5 Å². The van der Waals surface area contributed by atoms with Gasteiger partial charge in [0.25, 0.3) is 0 Å². The molecule has 0 aliphatic rings. The van der Waals surface area contributed by atoms with Crippen LogP contribution in [0.4, 0.5) is 0 Å². The van der Waals surface area contributed by atoms with Crippen LogP contribution in [0.3, 0.4) is 0 Å². The van der Waals surface area contributed by atoms with Gasteiger partial charge in [0, 0.05) is 0 Å². The van der Waals surface area contributed by atoms with Crippen LogP contribution in [0, 0.1) is 13.8 Å². The Morgan fingerprint density at radius 2 is 1.71 bits per heavy atom. The molecule has 0 saturated heterocycles. The number of carbonyl (C=O) groups is 1. The first-order valence-electron chi connectivity index (χ1n) is 7.60. The number of benzene rings is 2. The predicted molar refractivity (Wildman–Crippen MR) is 93.2 cm³/mol. The second-order valence-corrected chi connectivity index (χ2v) is 7.63. The third kappa shape index (κ3) is 5.18. The molecule has 1 atom stereocenters. The van der Waals surface area contributed by atoms with Gasteiger partial charge in [0.2, 0.25) is 10.0 Å². The molecule has 0 aromatic heterocycles. The van der Waals surface area contributed by atoms with E-state index in [1.165, 1.54) is 0 Å².